The molecule has 1 amide bonds. The lowest BCUT2D eigenvalue weighted by Crippen LogP contribution is -2.44. The van der Waals surface area contributed by atoms with E-state index in [1.54, 1.807) is 6.26 Å². The van der Waals surface area contributed by atoms with Crippen LogP contribution in [-0.2, 0) is 0 Å². The maximum absolute atomic E-state index is 12.4. The Kier molecular flexibility index (Phi) is 5.26. The fourth-order valence-electron chi connectivity index (χ4n) is 3.08. The second-order valence-corrected chi connectivity index (χ2v) is 5.51. The summed E-state index contributed by atoms with van der Waals surface area (Å²) in [4.78, 5) is 12.4. The van der Waals surface area contributed by atoms with Crippen molar-refractivity contribution in [1.82, 2.24) is 5.32 Å². The summed E-state index contributed by atoms with van der Waals surface area (Å²) in [6, 6.07) is 7.79. The number of nitrogens with two attached hydrogens (primary N) is 1. The van der Waals surface area contributed by atoms with E-state index in [-0.39, 0.29) is 24.4 Å². The molecule has 21 heavy (non-hydrogen) atoms. The van der Waals surface area contributed by atoms with Gasteiger partial charge in [0.1, 0.15) is 11.8 Å². The van der Waals surface area contributed by atoms with Crippen molar-refractivity contribution < 1.29 is 9.21 Å². The molecule has 4 nitrogen and oxygen atoms in total. The summed E-state index contributed by atoms with van der Waals surface area (Å²) in [6.07, 6.45) is 6.04. The molecule has 1 aliphatic rings. The molecule has 1 heterocycles. The lowest BCUT2D eigenvalue weighted by molar-refractivity contribution is 0.0909. The highest BCUT2D eigenvalue weighted by molar-refractivity contribution is 6.06. The molecule has 2 atom stereocenters. The molecule has 0 bridgehead atoms. The summed E-state index contributed by atoms with van der Waals surface area (Å²) in [5.74, 6) is 0.339. The van der Waals surface area contributed by atoms with Gasteiger partial charge in [-0.25, -0.2) is 0 Å². The third kappa shape index (κ3) is 3.22. The molecule has 0 saturated heterocycles. The molecular formula is C16H21ClN2O2. The smallest absolute Gasteiger partial charge is 0.255 e. The van der Waals surface area contributed by atoms with E-state index < -0.39 is 0 Å². The topological polar surface area (TPSA) is 68.3 Å². The molecule has 0 radical (unpaired) electrons. The van der Waals surface area contributed by atoms with Crippen molar-refractivity contribution in [3.8, 4) is 0 Å². The molecule has 0 spiro atoms. The zero-order valence-electron chi connectivity index (χ0n) is 11.9. The molecular weight excluding hydrogens is 288 g/mol. The van der Waals surface area contributed by atoms with Crippen LogP contribution in [0.1, 0.15) is 36.0 Å². The quantitative estimate of drug-likeness (QED) is 0.915. The van der Waals surface area contributed by atoms with Crippen LogP contribution in [0.3, 0.4) is 0 Å². The first-order valence-corrected chi connectivity index (χ1v) is 7.26. The number of hydrogen-bond acceptors (Lipinski definition) is 3. The third-order valence-electron chi connectivity index (χ3n) is 4.25. The fourth-order valence-corrected chi connectivity index (χ4v) is 3.08. The third-order valence-corrected chi connectivity index (χ3v) is 4.25. The second kappa shape index (κ2) is 6.96. The normalized spacial score (nSPS) is 21.8. The first-order valence-electron chi connectivity index (χ1n) is 7.26. The van der Waals surface area contributed by atoms with E-state index in [9.17, 15) is 4.79 Å². The molecule has 1 aromatic heterocycles. The molecule has 2 aromatic rings. The van der Waals surface area contributed by atoms with Crippen LogP contribution in [0, 0.1) is 5.92 Å². The van der Waals surface area contributed by atoms with E-state index in [1.165, 1.54) is 6.42 Å². The standard InChI is InChI=1S/C16H20N2O2.ClH/c17-9-11-5-1-3-7-14(11)18-16(19)13-10-20-15-8-4-2-6-12(13)15;/h2,4,6,8,10-11,14H,1,3,5,7,9,17H2,(H,18,19);1H. The van der Waals surface area contributed by atoms with Crippen LogP contribution in [0.15, 0.2) is 34.9 Å². The molecule has 1 aromatic carbocycles. The number of benzene rings is 1. The summed E-state index contributed by atoms with van der Waals surface area (Å²) in [5.41, 5.74) is 7.17. The number of carbonyl (C=O) groups excluding carboxylic acids is 1. The van der Waals surface area contributed by atoms with Crippen LogP contribution in [0.2, 0.25) is 0 Å². The summed E-state index contributed by atoms with van der Waals surface area (Å²) >= 11 is 0. The van der Waals surface area contributed by atoms with Crippen LogP contribution in [-0.4, -0.2) is 18.5 Å². The number of nitrogens with one attached hydrogen (secondary N) is 1. The average molecular weight is 309 g/mol. The molecule has 2 unspecified atom stereocenters. The summed E-state index contributed by atoms with van der Waals surface area (Å²) in [7, 11) is 0. The van der Waals surface area contributed by atoms with Crippen LogP contribution in [0.25, 0.3) is 11.0 Å². The van der Waals surface area contributed by atoms with Crippen molar-refractivity contribution in [3.05, 3.63) is 36.1 Å². The lowest BCUT2D eigenvalue weighted by Gasteiger charge is -2.31. The van der Waals surface area contributed by atoms with E-state index in [2.05, 4.69) is 5.32 Å². The van der Waals surface area contributed by atoms with Crippen LogP contribution >= 0.6 is 12.4 Å². The van der Waals surface area contributed by atoms with Crippen molar-refractivity contribution in [1.29, 1.82) is 0 Å². The maximum atomic E-state index is 12.4. The Morgan fingerprint density at radius 2 is 2.05 bits per heavy atom. The number of halogens is 1. The first kappa shape index (κ1) is 15.9. The van der Waals surface area contributed by atoms with Gasteiger partial charge in [-0.05, 0) is 31.4 Å². The molecule has 3 rings (SSSR count). The van der Waals surface area contributed by atoms with Gasteiger partial charge in [0, 0.05) is 11.4 Å². The highest BCUT2D eigenvalue weighted by Crippen LogP contribution is 2.25. The number of fused-ring (bicyclic) bond motifs is 1. The average Bonchev–Trinajstić information content (AvgIpc) is 2.92. The van der Waals surface area contributed by atoms with Gasteiger partial charge < -0.3 is 15.5 Å². The minimum atomic E-state index is -0.0553. The number of furan rings is 1. The number of amides is 1. The number of rotatable bonds is 3. The van der Waals surface area contributed by atoms with Gasteiger partial charge in [-0.1, -0.05) is 31.0 Å². The summed E-state index contributed by atoms with van der Waals surface area (Å²) in [6.45, 7) is 0.636. The van der Waals surface area contributed by atoms with Crippen molar-refractivity contribution in [2.75, 3.05) is 6.54 Å². The van der Waals surface area contributed by atoms with Crippen LogP contribution in [0.4, 0.5) is 0 Å². The maximum Gasteiger partial charge on any atom is 0.255 e. The Bertz CT molecular complexity index is 611. The predicted molar refractivity (Wildman–Crippen MR) is 85.7 cm³/mol. The number of para-hydroxylation sites is 1. The van der Waals surface area contributed by atoms with Gasteiger partial charge in [-0.2, -0.15) is 0 Å². The highest BCUT2D eigenvalue weighted by atomic mass is 35.5. The van der Waals surface area contributed by atoms with E-state index in [4.69, 9.17) is 10.2 Å². The summed E-state index contributed by atoms with van der Waals surface area (Å²) in [5, 5.41) is 4.00. The molecule has 1 saturated carbocycles. The molecule has 5 heteroatoms. The zero-order valence-corrected chi connectivity index (χ0v) is 12.7. The van der Waals surface area contributed by atoms with Gasteiger partial charge in [0.25, 0.3) is 5.91 Å². The predicted octanol–water partition coefficient (Wildman–Crippen LogP) is 3.10. The van der Waals surface area contributed by atoms with Crippen molar-refractivity contribution >= 4 is 29.3 Å². The molecule has 1 fully saturated rings. The van der Waals surface area contributed by atoms with E-state index in [0.29, 0.717) is 18.0 Å². The van der Waals surface area contributed by atoms with Gasteiger partial charge in [-0.15, -0.1) is 12.4 Å². The fraction of sp³-hybridized carbons (Fsp3) is 0.438. The molecule has 0 aliphatic heterocycles. The summed E-state index contributed by atoms with van der Waals surface area (Å²) < 4.78 is 5.43. The van der Waals surface area contributed by atoms with Gasteiger partial charge in [0.05, 0.1) is 5.56 Å². The monoisotopic (exact) mass is 308 g/mol. The highest BCUT2D eigenvalue weighted by Gasteiger charge is 2.26. The van der Waals surface area contributed by atoms with Crippen molar-refractivity contribution in [2.45, 2.75) is 31.7 Å². The van der Waals surface area contributed by atoms with Crippen molar-refractivity contribution in [2.24, 2.45) is 11.7 Å². The van der Waals surface area contributed by atoms with Crippen molar-refractivity contribution in [3.63, 3.8) is 0 Å². The Hall–Kier alpha value is -1.52. The van der Waals surface area contributed by atoms with Gasteiger partial charge in [-0.3, -0.25) is 4.79 Å². The molecule has 3 N–H and O–H groups in total. The van der Waals surface area contributed by atoms with Crippen LogP contribution in [0.5, 0.6) is 0 Å². The Labute approximate surface area is 130 Å². The van der Waals surface area contributed by atoms with E-state index >= 15 is 0 Å². The first-order chi connectivity index (χ1) is 9.79. The van der Waals surface area contributed by atoms with E-state index in [1.807, 2.05) is 24.3 Å². The number of carbonyl (C=O) groups is 1. The second-order valence-electron chi connectivity index (χ2n) is 5.51. The SMILES string of the molecule is Cl.NCC1CCCCC1NC(=O)c1coc2ccccc12. The minimum absolute atomic E-state index is 0. The largest absolute Gasteiger partial charge is 0.463 e. The van der Waals surface area contributed by atoms with Crippen LogP contribution < -0.4 is 11.1 Å². The Balaban J connectivity index is 0.00000161. The van der Waals surface area contributed by atoms with E-state index in [0.717, 1.165) is 30.2 Å². The molecule has 114 valence electrons. The Morgan fingerprint density at radius 3 is 2.86 bits per heavy atom. The minimum Gasteiger partial charge on any atom is -0.463 e. The van der Waals surface area contributed by atoms with Gasteiger partial charge >= 0.3 is 0 Å². The zero-order chi connectivity index (χ0) is 13.9. The Morgan fingerprint density at radius 1 is 1.29 bits per heavy atom. The molecule has 1 aliphatic carbocycles. The number of hydrogen-bond donors (Lipinski definition) is 2. The van der Waals surface area contributed by atoms with Gasteiger partial charge in [0.15, 0.2) is 0 Å². The lowest BCUT2D eigenvalue weighted by atomic mass is 9.84. The van der Waals surface area contributed by atoms with Gasteiger partial charge in [0.2, 0.25) is 0 Å².